The quantitative estimate of drug-likeness (QED) is 0.733. The van der Waals surface area contributed by atoms with Crippen LogP contribution in [0.5, 0.6) is 5.75 Å². The number of nitrogens with two attached hydrogens (primary N) is 1. The molecule has 0 spiro atoms. The van der Waals surface area contributed by atoms with Crippen molar-refractivity contribution >= 4 is 65.2 Å². The summed E-state index contributed by atoms with van der Waals surface area (Å²) in [6, 6.07) is 3.73. The maximum absolute atomic E-state index is 5.57. The van der Waals surface area contributed by atoms with Crippen molar-refractivity contribution in [2.24, 2.45) is 0 Å². The zero-order valence-corrected chi connectivity index (χ0v) is 14.5. The van der Waals surface area contributed by atoms with Crippen molar-refractivity contribution in [2.75, 3.05) is 18.2 Å². The van der Waals surface area contributed by atoms with Crippen molar-refractivity contribution in [3.05, 3.63) is 31.7 Å². The van der Waals surface area contributed by atoms with E-state index in [2.05, 4.69) is 63.1 Å². The summed E-state index contributed by atoms with van der Waals surface area (Å²) >= 11 is 10.3. The molecule has 2 rings (SSSR count). The van der Waals surface area contributed by atoms with Crippen LogP contribution < -0.4 is 15.8 Å². The predicted octanol–water partition coefficient (Wildman–Crippen LogP) is 4.10. The Labute approximate surface area is 135 Å². The third kappa shape index (κ3) is 3.37. The number of nitrogens with one attached hydrogen (secondary N) is 1. The van der Waals surface area contributed by atoms with Gasteiger partial charge in [0.2, 0.25) is 5.95 Å². The second-order valence-corrected chi connectivity index (χ2v) is 6.08. The highest BCUT2D eigenvalue weighted by atomic mass is 79.9. The molecule has 8 heteroatoms. The van der Waals surface area contributed by atoms with Crippen LogP contribution in [-0.2, 0) is 0 Å². The van der Waals surface area contributed by atoms with Gasteiger partial charge in [-0.1, -0.05) is 0 Å². The molecule has 0 aliphatic heterocycles. The largest absolute Gasteiger partial charge is 0.495 e. The van der Waals surface area contributed by atoms with Gasteiger partial charge in [0.25, 0.3) is 0 Å². The monoisotopic (exact) mass is 450 g/mol. The fourth-order valence-corrected chi connectivity index (χ4v) is 2.92. The summed E-state index contributed by atoms with van der Waals surface area (Å²) in [5.74, 6) is 1.49. The van der Waals surface area contributed by atoms with Crippen LogP contribution in [0.3, 0.4) is 0 Å². The van der Waals surface area contributed by atoms with Gasteiger partial charge in [-0.3, -0.25) is 0 Å². The van der Waals surface area contributed by atoms with Gasteiger partial charge in [-0.15, -0.1) is 0 Å². The molecule has 5 nitrogen and oxygen atoms in total. The number of benzene rings is 1. The van der Waals surface area contributed by atoms with E-state index < -0.39 is 0 Å². The standard InChI is InChI=1S/C11H9Br3N4O/c1-19-9-3-8(5(12)2-6(9)13)17-10-7(14)4-16-11(15)18-10/h2-4H,1H3,(H3,15,16,17,18). The maximum Gasteiger partial charge on any atom is 0.222 e. The average molecular weight is 453 g/mol. The highest BCUT2D eigenvalue weighted by molar-refractivity contribution is 9.11. The highest BCUT2D eigenvalue weighted by Gasteiger charge is 2.10. The van der Waals surface area contributed by atoms with Crippen molar-refractivity contribution in [2.45, 2.75) is 0 Å². The number of anilines is 3. The number of nitrogens with zero attached hydrogens (tertiary/aromatic N) is 2. The topological polar surface area (TPSA) is 73.1 Å². The van der Waals surface area contributed by atoms with Gasteiger partial charge >= 0.3 is 0 Å². The highest BCUT2D eigenvalue weighted by Crippen LogP contribution is 2.36. The van der Waals surface area contributed by atoms with Crippen LogP contribution in [0.15, 0.2) is 31.7 Å². The molecule has 0 aliphatic carbocycles. The Morgan fingerprint density at radius 2 is 1.89 bits per heavy atom. The molecule has 0 unspecified atom stereocenters. The molecule has 0 bridgehead atoms. The molecular formula is C11H9Br3N4O. The number of halogens is 3. The number of ether oxygens (including phenoxy) is 1. The molecule has 0 fully saturated rings. The van der Waals surface area contributed by atoms with Crippen LogP contribution >= 0.6 is 47.8 Å². The number of aromatic nitrogens is 2. The van der Waals surface area contributed by atoms with Gasteiger partial charge in [-0.25, -0.2) is 4.98 Å². The Kier molecular flexibility index (Phi) is 4.64. The van der Waals surface area contributed by atoms with Gasteiger partial charge in [-0.05, 0) is 53.9 Å². The average Bonchev–Trinajstić information content (AvgIpc) is 2.37. The van der Waals surface area contributed by atoms with Gasteiger partial charge in [0.1, 0.15) is 11.6 Å². The van der Waals surface area contributed by atoms with Gasteiger partial charge in [0.05, 0.1) is 21.7 Å². The normalized spacial score (nSPS) is 10.3. The lowest BCUT2D eigenvalue weighted by atomic mass is 10.3. The van der Waals surface area contributed by atoms with E-state index in [0.29, 0.717) is 11.6 Å². The number of hydrogen-bond donors (Lipinski definition) is 2. The lowest BCUT2D eigenvalue weighted by Gasteiger charge is -2.12. The lowest BCUT2D eigenvalue weighted by molar-refractivity contribution is 0.412. The fraction of sp³-hybridized carbons (Fsp3) is 0.0909. The van der Waals surface area contributed by atoms with E-state index in [9.17, 15) is 0 Å². The van der Waals surface area contributed by atoms with E-state index in [-0.39, 0.29) is 5.95 Å². The van der Waals surface area contributed by atoms with Crippen molar-refractivity contribution in [3.63, 3.8) is 0 Å². The SMILES string of the molecule is COc1cc(Nc2nc(N)ncc2Br)c(Br)cc1Br. The van der Waals surface area contributed by atoms with Gasteiger partial charge in [0.15, 0.2) is 0 Å². The Hall–Kier alpha value is -0.860. The summed E-state index contributed by atoms with van der Waals surface area (Å²) in [5.41, 5.74) is 6.38. The van der Waals surface area contributed by atoms with Crippen LogP contribution in [-0.4, -0.2) is 17.1 Å². The molecule has 0 saturated heterocycles. The minimum atomic E-state index is 0.200. The summed E-state index contributed by atoms with van der Waals surface area (Å²) in [7, 11) is 1.61. The summed E-state index contributed by atoms with van der Waals surface area (Å²) in [5, 5.41) is 3.16. The molecule has 3 N–H and O–H groups in total. The summed E-state index contributed by atoms with van der Waals surface area (Å²) in [6.07, 6.45) is 1.59. The third-order valence-electron chi connectivity index (χ3n) is 2.26. The Balaban J connectivity index is 2.40. The summed E-state index contributed by atoms with van der Waals surface area (Å²) in [6.45, 7) is 0. The lowest BCUT2D eigenvalue weighted by Crippen LogP contribution is -2.01. The van der Waals surface area contributed by atoms with E-state index in [4.69, 9.17) is 10.5 Å². The number of rotatable bonds is 3. The van der Waals surface area contributed by atoms with Crippen molar-refractivity contribution in [3.8, 4) is 5.75 Å². The summed E-state index contributed by atoms with van der Waals surface area (Å²) < 4.78 is 7.69. The summed E-state index contributed by atoms with van der Waals surface area (Å²) in [4.78, 5) is 8.01. The molecular weight excluding hydrogens is 444 g/mol. The van der Waals surface area contributed by atoms with Crippen LogP contribution in [0.2, 0.25) is 0 Å². The van der Waals surface area contributed by atoms with Crippen LogP contribution in [0, 0.1) is 0 Å². The Bertz CT molecular complexity index is 621. The van der Waals surface area contributed by atoms with E-state index in [1.807, 2.05) is 12.1 Å². The second kappa shape index (κ2) is 6.06. The molecule has 100 valence electrons. The molecule has 0 atom stereocenters. The first-order valence-corrected chi connectivity index (χ1v) is 7.47. The van der Waals surface area contributed by atoms with Gasteiger partial charge in [-0.2, -0.15) is 4.98 Å². The molecule has 0 amide bonds. The van der Waals surface area contributed by atoms with Crippen molar-refractivity contribution in [1.29, 1.82) is 0 Å². The maximum atomic E-state index is 5.57. The second-order valence-electron chi connectivity index (χ2n) is 3.52. The molecule has 19 heavy (non-hydrogen) atoms. The Morgan fingerprint density at radius 3 is 2.58 bits per heavy atom. The molecule has 1 aromatic carbocycles. The van der Waals surface area contributed by atoms with Crippen LogP contribution in [0.4, 0.5) is 17.5 Å². The number of hydrogen-bond acceptors (Lipinski definition) is 5. The third-order valence-corrected chi connectivity index (χ3v) is 4.11. The zero-order chi connectivity index (χ0) is 14.0. The first-order chi connectivity index (χ1) is 9.01. The van der Waals surface area contributed by atoms with Crippen molar-refractivity contribution < 1.29 is 4.74 Å². The molecule has 0 saturated carbocycles. The van der Waals surface area contributed by atoms with E-state index in [0.717, 1.165) is 19.1 Å². The molecule has 1 aromatic heterocycles. The first kappa shape index (κ1) is 14.5. The fourth-order valence-electron chi connectivity index (χ4n) is 1.38. The van der Waals surface area contributed by atoms with Crippen molar-refractivity contribution in [1.82, 2.24) is 9.97 Å². The van der Waals surface area contributed by atoms with E-state index in [1.54, 1.807) is 13.3 Å². The first-order valence-electron chi connectivity index (χ1n) is 5.09. The van der Waals surface area contributed by atoms with Gasteiger partial charge < -0.3 is 15.8 Å². The molecule has 0 aliphatic rings. The predicted molar refractivity (Wildman–Crippen MR) is 85.8 cm³/mol. The number of nitrogen functional groups attached to an aromatic ring is 1. The molecule has 2 aromatic rings. The minimum absolute atomic E-state index is 0.200. The Morgan fingerprint density at radius 1 is 1.16 bits per heavy atom. The molecule has 1 heterocycles. The van der Waals surface area contributed by atoms with Gasteiger partial charge in [0, 0.05) is 16.7 Å². The minimum Gasteiger partial charge on any atom is -0.495 e. The van der Waals surface area contributed by atoms with Crippen LogP contribution in [0.1, 0.15) is 0 Å². The molecule has 0 radical (unpaired) electrons. The smallest absolute Gasteiger partial charge is 0.222 e. The number of methoxy groups -OCH3 is 1. The zero-order valence-electron chi connectivity index (χ0n) is 9.75. The van der Waals surface area contributed by atoms with E-state index in [1.165, 1.54) is 0 Å². The van der Waals surface area contributed by atoms with E-state index >= 15 is 0 Å². The van der Waals surface area contributed by atoms with Crippen LogP contribution in [0.25, 0.3) is 0 Å².